The highest BCUT2D eigenvalue weighted by Gasteiger charge is 2.13. The fraction of sp³-hybridized carbons (Fsp3) is 0.500. The van der Waals surface area contributed by atoms with E-state index < -0.39 is 0 Å². The highest BCUT2D eigenvalue weighted by atomic mass is 35.5. The van der Waals surface area contributed by atoms with Crippen molar-refractivity contribution in [2.45, 2.75) is 6.92 Å². The summed E-state index contributed by atoms with van der Waals surface area (Å²) in [6.07, 6.45) is 1.40. The third-order valence-electron chi connectivity index (χ3n) is 2.03. The molecule has 2 N–H and O–H groups in total. The summed E-state index contributed by atoms with van der Waals surface area (Å²) >= 11 is 5.67. The first kappa shape index (κ1) is 12.1. The zero-order chi connectivity index (χ0) is 11.3. The van der Waals surface area contributed by atoms with Crippen LogP contribution in [-0.4, -0.2) is 26.0 Å². The van der Waals surface area contributed by atoms with Gasteiger partial charge in [-0.05, 0) is 37.2 Å². The van der Waals surface area contributed by atoms with Gasteiger partial charge in [-0.15, -0.1) is 0 Å². The first-order valence-electron chi connectivity index (χ1n) is 4.81. The molecule has 0 aliphatic rings. The van der Waals surface area contributed by atoms with E-state index in [4.69, 9.17) is 16.0 Å². The second kappa shape index (κ2) is 5.78. The normalized spacial score (nSPS) is 12.5. The van der Waals surface area contributed by atoms with Crippen LogP contribution in [0.5, 0.6) is 0 Å². The molecule has 0 radical (unpaired) electrons. The second-order valence-corrected chi connectivity index (χ2v) is 3.82. The van der Waals surface area contributed by atoms with Crippen molar-refractivity contribution in [2.24, 2.45) is 5.92 Å². The molecule has 1 amide bonds. The number of carbonyl (C=O) groups excluding carboxylic acids is 1. The molecule has 1 unspecified atom stereocenters. The van der Waals surface area contributed by atoms with E-state index in [1.807, 2.05) is 14.0 Å². The van der Waals surface area contributed by atoms with Crippen LogP contribution in [0.4, 0.5) is 0 Å². The summed E-state index contributed by atoms with van der Waals surface area (Å²) in [5.74, 6) is 0.182. The molecule has 0 aliphatic carbocycles. The average molecular weight is 231 g/mol. The molecule has 1 atom stereocenters. The molecule has 15 heavy (non-hydrogen) atoms. The molecule has 0 bridgehead atoms. The number of halogens is 1. The number of carbonyl (C=O) groups is 1. The van der Waals surface area contributed by atoms with Gasteiger partial charge in [0.05, 0.1) is 11.8 Å². The largest absolute Gasteiger partial charge is 0.452 e. The number of hydrogen-bond acceptors (Lipinski definition) is 3. The van der Waals surface area contributed by atoms with Crippen molar-refractivity contribution >= 4 is 17.5 Å². The van der Waals surface area contributed by atoms with E-state index in [2.05, 4.69) is 10.6 Å². The molecule has 0 aromatic carbocycles. The Morgan fingerprint density at radius 3 is 2.87 bits per heavy atom. The number of hydrogen-bond donors (Lipinski definition) is 2. The highest BCUT2D eigenvalue weighted by Crippen LogP contribution is 2.16. The predicted molar refractivity (Wildman–Crippen MR) is 59.1 cm³/mol. The Morgan fingerprint density at radius 1 is 1.60 bits per heavy atom. The fourth-order valence-corrected chi connectivity index (χ4v) is 1.44. The minimum Gasteiger partial charge on any atom is -0.452 e. The molecule has 0 spiro atoms. The topological polar surface area (TPSA) is 54.3 Å². The molecule has 5 heteroatoms. The molecule has 1 heterocycles. The van der Waals surface area contributed by atoms with Gasteiger partial charge in [-0.1, -0.05) is 6.92 Å². The number of furan rings is 1. The molecule has 0 aliphatic heterocycles. The highest BCUT2D eigenvalue weighted by molar-refractivity contribution is 6.32. The molecule has 4 nitrogen and oxygen atoms in total. The van der Waals surface area contributed by atoms with Gasteiger partial charge in [-0.2, -0.15) is 0 Å². The number of nitrogens with one attached hydrogen (secondary N) is 2. The number of amides is 1. The maximum absolute atomic E-state index is 11.6. The zero-order valence-electron chi connectivity index (χ0n) is 8.84. The van der Waals surface area contributed by atoms with Crippen LogP contribution in [0, 0.1) is 5.92 Å². The molecule has 0 saturated carbocycles. The lowest BCUT2D eigenvalue weighted by Gasteiger charge is -2.11. The Balaban J connectivity index is 2.40. The predicted octanol–water partition coefficient (Wildman–Crippen LogP) is 1.52. The van der Waals surface area contributed by atoms with Gasteiger partial charge >= 0.3 is 0 Å². The van der Waals surface area contributed by atoms with Crippen LogP contribution < -0.4 is 10.6 Å². The van der Waals surface area contributed by atoms with Gasteiger partial charge in [0.15, 0.2) is 0 Å². The van der Waals surface area contributed by atoms with Crippen molar-refractivity contribution in [3.05, 3.63) is 23.1 Å². The molecule has 0 saturated heterocycles. The first-order chi connectivity index (χ1) is 7.15. The first-order valence-corrected chi connectivity index (χ1v) is 5.18. The Morgan fingerprint density at radius 2 is 2.33 bits per heavy atom. The van der Waals surface area contributed by atoms with E-state index in [1.165, 1.54) is 6.26 Å². The van der Waals surface area contributed by atoms with Crippen LogP contribution in [0.3, 0.4) is 0 Å². The van der Waals surface area contributed by atoms with E-state index in [-0.39, 0.29) is 11.1 Å². The Labute approximate surface area is 94.0 Å². The van der Waals surface area contributed by atoms with Crippen LogP contribution in [-0.2, 0) is 0 Å². The quantitative estimate of drug-likeness (QED) is 0.807. The maximum Gasteiger partial charge on any atom is 0.256 e. The van der Waals surface area contributed by atoms with E-state index in [0.29, 0.717) is 18.0 Å². The molecular weight excluding hydrogens is 216 g/mol. The summed E-state index contributed by atoms with van der Waals surface area (Å²) in [6.45, 7) is 3.52. The van der Waals surface area contributed by atoms with Crippen LogP contribution in [0.15, 0.2) is 16.7 Å². The van der Waals surface area contributed by atoms with Gasteiger partial charge < -0.3 is 15.1 Å². The van der Waals surface area contributed by atoms with Crippen LogP contribution in [0.2, 0.25) is 5.22 Å². The van der Waals surface area contributed by atoms with Gasteiger partial charge in [-0.3, -0.25) is 4.79 Å². The number of rotatable bonds is 5. The van der Waals surface area contributed by atoms with Crippen LogP contribution in [0.1, 0.15) is 17.3 Å². The van der Waals surface area contributed by atoms with Crippen LogP contribution in [0.25, 0.3) is 0 Å². The smallest absolute Gasteiger partial charge is 0.256 e. The SMILES string of the molecule is CNCC(C)CNC(=O)c1ccoc1Cl. The van der Waals surface area contributed by atoms with Gasteiger partial charge in [0.25, 0.3) is 5.91 Å². The average Bonchev–Trinajstić information content (AvgIpc) is 2.61. The summed E-state index contributed by atoms with van der Waals surface area (Å²) in [6, 6.07) is 1.56. The molecule has 1 aromatic rings. The summed E-state index contributed by atoms with van der Waals surface area (Å²) < 4.78 is 4.83. The van der Waals surface area contributed by atoms with E-state index in [9.17, 15) is 4.79 Å². The fourth-order valence-electron chi connectivity index (χ4n) is 1.24. The second-order valence-electron chi connectivity index (χ2n) is 3.48. The van der Waals surface area contributed by atoms with E-state index in [1.54, 1.807) is 6.07 Å². The summed E-state index contributed by atoms with van der Waals surface area (Å²) in [5, 5.41) is 5.96. The van der Waals surface area contributed by atoms with Crippen LogP contribution >= 0.6 is 11.6 Å². The monoisotopic (exact) mass is 230 g/mol. The van der Waals surface area contributed by atoms with Gasteiger partial charge in [0, 0.05) is 6.54 Å². The minimum atomic E-state index is -0.197. The maximum atomic E-state index is 11.6. The van der Waals surface area contributed by atoms with Crippen molar-refractivity contribution in [3.8, 4) is 0 Å². The Kier molecular flexibility index (Phi) is 4.65. The van der Waals surface area contributed by atoms with E-state index >= 15 is 0 Å². The van der Waals surface area contributed by atoms with Crippen molar-refractivity contribution in [3.63, 3.8) is 0 Å². The summed E-state index contributed by atoms with van der Waals surface area (Å²) in [7, 11) is 1.88. The Bertz CT molecular complexity index is 325. The minimum absolute atomic E-state index is 0.133. The molecule has 0 fully saturated rings. The van der Waals surface area contributed by atoms with Crippen molar-refractivity contribution in [1.82, 2.24) is 10.6 Å². The molecule has 1 rings (SSSR count). The van der Waals surface area contributed by atoms with Gasteiger partial charge in [0.2, 0.25) is 5.22 Å². The molecule has 1 aromatic heterocycles. The standard InChI is InChI=1S/C10H15ClN2O2/c1-7(5-12-2)6-13-10(14)8-3-4-15-9(8)11/h3-4,7,12H,5-6H2,1-2H3,(H,13,14). The van der Waals surface area contributed by atoms with E-state index in [0.717, 1.165) is 6.54 Å². The third kappa shape index (κ3) is 3.57. The van der Waals surface area contributed by atoms with Crippen molar-refractivity contribution in [2.75, 3.05) is 20.1 Å². The lowest BCUT2D eigenvalue weighted by molar-refractivity contribution is 0.0947. The van der Waals surface area contributed by atoms with Crippen molar-refractivity contribution in [1.29, 1.82) is 0 Å². The zero-order valence-corrected chi connectivity index (χ0v) is 9.60. The lowest BCUT2D eigenvalue weighted by atomic mass is 10.2. The summed E-state index contributed by atoms with van der Waals surface area (Å²) in [5.41, 5.74) is 0.383. The third-order valence-corrected chi connectivity index (χ3v) is 2.32. The lowest BCUT2D eigenvalue weighted by Crippen LogP contribution is -2.32. The van der Waals surface area contributed by atoms with Gasteiger partial charge in [0.1, 0.15) is 0 Å². The Hall–Kier alpha value is -1.00. The molecule has 84 valence electrons. The van der Waals surface area contributed by atoms with Gasteiger partial charge in [-0.25, -0.2) is 0 Å². The summed E-state index contributed by atoms with van der Waals surface area (Å²) in [4.78, 5) is 11.6. The van der Waals surface area contributed by atoms with Crippen molar-refractivity contribution < 1.29 is 9.21 Å². The molecular formula is C10H15ClN2O2.